The quantitative estimate of drug-likeness (QED) is 0.503. The molecule has 0 spiro atoms. The molecule has 0 atom stereocenters. The number of carbonyl (C=O) groups excluding carboxylic acids is 1. The number of H-pyrrole nitrogens is 1. The van der Waals surface area contributed by atoms with Crippen molar-refractivity contribution in [3.05, 3.63) is 11.8 Å². The Hall–Kier alpha value is -2.03. The van der Waals surface area contributed by atoms with E-state index in [0.29, 0.717) is 16.7 Å². The van der Waals surface area contributed by atoms with Gasteiger partial charge in [0.05, 0.1) is 5.97 Å². The first kappa shape index (κ1) is 11.5. The number of carbonyl (C=O) groups is 1. The van der Waals surface area contributed by atoms with Crippen molar-refractivity contribution in [3.63, 3.8) is 0 Å². The summed E-state index contributed by atoms with van der Waals surface area (Å²) in [5.41, 5.74) is 1.42. The van der Waals surface area contributed by atoms with Gasteiger partial charge in [0, 0.05) is 11.4 Å². The molecule has 0 unspecified atom stereocenters. The molecule has 0 fully saturated rings. The van der Waals surface area contributed by atoms with E-state index >= 15 is 0 Å². The maximum absolute atomic E-state index is 10.3. The number of hydrogen-bond acceptors (Lipinski definition) is 7. The first-order valence-electron chi connectivity index (χ1n) is 4.63. The summed E-state index contributed by atoms with van der Waals surface area (Å²) in [6.07, 6.45) is 0. The Morgan fingerprint density at radius 3 is 3.00 bits per heavy atom. The van der Waals surface area contributed by atoms with Crippen LogP contribution in [0.2, 0.25) is 0 Å². The van der Waals surface area contributed by atoms with Gasteiger partial charge in [0.2, 0.25) is 11.0 Å². The van der Waals surface area contributed by atoms with Crippen LogP contribution < -0.4 is 10.9 Å². The second-order valence-electron chi connectivity index (χ2n) is 3.27. The lowest BCUT2D eigenvalue weighted by Gasteiger charge is -2.02. The summed E-state index contributed by atoms with van der Waals surface area (Å²) >= 11 is 0.942. The lowest BCUT2D eigenvalue weighted by Crippen LogP contribution is -2.24. The highest BCUT2D eigenvalue weighted by Gasteiger charge is 2.14. The standard InChI is InChI=1S/C8H10N6O2S/c1-4-2-5(11-10-4)7-12-13-8(14(7)9)17-3-6(15)16/h2H,3,9H2,1H3,(H,10,11)(H,15,16)/p-1. The second kappa shape index (κ2) is 4.45. The highest BCUT2D eigenvalue weighted by Crippen LogP contribution is 2.19. The Labute approximate surface area is 100 Å². The smallest absolute Gasteiger partial charge is 0.210 e. The minimum absolute atomic E-state index is 0.227. The van der Waals surface area contributed by atoms with Crippen LogP contribution in [0.3, 0.4) is 0 Å². The van der Waals surface area contributed by atoms with Crippen LogP contribution in [-0.2, 0) is 4.79 Å². The monoisotopic (exact) mass is 253 g/mol. The van der Waals surface area contributed by atoms with Crippen LogP contribution >= 0.6 is 11.8 Å². The summed E-state index contributed by atoms with van der Waals surface area (Å²) in [4.78, 5) is 10.3. The van der Waals surface area contributed by atoms with Gasteiger partial charge in [-0.05, 0) is 13.0 Å². The van der Waals surface area contributed by atoms with Gasteiger partial charge in [-0.15, -0.1) is 10.2 Å². The number of nitrogens with two attached hydrogens (primary N) is 1. The molecule has 0 aromatic carbocycles. The van der Waals surface area contributed by atoms with Gasteiger partial charge in [-0.2, -0.15) is 5.10 Å². The van der Waals surface area contributed by atoms with Crippen molar-refractivity contribution in [3.8, 4) is 11.5 Å². The molecule has 9 heteroatoms. The maximum Gasteiger partial charge on any atom is 0.210 e. The summed E-state index contributed by atoms with van der Waals surface area (Å²) in [5, 5.41) is 25.0. The average Bonchev–Trinajstić information content (AvgIpc) is 2.82. The van der Waals surface area contributed by atoms with E-state index in [-0.39, 0.29) is 5.75 Å². The third-order valence-corrected chi connectivity index (χ3v) is 2.84. The van der Waals surface area contributed by atoms with Gasteiger partial charge in [-0.25, -0.2) is 4.68 Å². The molecule has 2 rings (SSSR count). The normalized spacial score (nSPS) is 10.6. The lowest BCUT2D eigenvalue weighted by atomic mass is 10.3. The molecule has 0 aliphatic heterocycles. The molecule has 2 aromatic rings. The lowest BCUT2D eigenvalue weighted by molar-refractivity contribution is -0.301. The summed E-state index contributed by atoms with van der Waals surface area (Å²) in [6, 6.07) is 1.76. The van der Waals surface area contributed by atoms with Gasteiger partial charge < -0.3 is 15.7 Å². The van der Waals surface area contributed by atoms with Crippen molar-refractivity contribution in [2.45, 2.75) is 12.1 Å². The first-order chi connectivity index (χ1) is 8.08. The predicted molar refractivity (Wildman–Crippen MR) is 58.2 cm³/mol. The fraction of sp³-hybridized carbons (Fsp3) is 0.250. The van der Waals surface area contributed by atoms with E-state index in [4.69, 9.17) is 5.84 Å². The van der Waals surface area contributed by atoms with Gasteiger partial charge in [0.25, 0.3) is 0 Å². The topological polar surface area (TPSA) is 126 Å². The number of aliphatic carboxylic acids is 1. The molecule has 0 saturated carbocycles. The first-order valence-corrected chi connectivity index (χ1v) is 5.62. The van der Waals surface area contributed by atoms with E-state index in [0.717, 1.165) is 17.5 Å². The number of nitrogen functional groups attached to an aromatic ring is 1. The second-order valence-corrected chi connectivity index (χ2v) is 4.22. The zero-order valence-corrected chi connectivity index (χ0v) is 9.69. The SMILES string of the molecule is Cc1cc(-c2nnc(SCC(=O)[O-])n2N)n[nH]1. The molecular formula is C8H9N6O2S-. The number of hydrogen-bond donors (Lipinski definition) is 2. The van der Waals surface area contributed by atoms with Gasteiger partial charge in [-0.3, -0.25) is 5.10 Å². The molecule has 0 radical (unpaired) electrons. The predicted octanol–water partition coefficient (Wildman–Crippen LogP) is -1.47. The van der Waals surface area contributed by atoms with Crippen LogP contribution in [0.1, 0.15) is 5.69 Å². The highest BCUT2D eigenvalue weighted by molar-refractivity contribution is 7.99. The van der Waals surface area contributed by atoms with Gasteiger partial charge in [0.15, 0.2) is 0 Å². The van der Waals surface area contributed by atoms with Crippen LogP contribution in [0.15, 0.2) is 11.2 Å². The third kappa shape index (κ3) is 2.38. The molecular weight excluding hydrogens is 244 g/mol. The minimum Gasteiger partial charge on any atom is -0.549 e. The van der Waals surface area contributed by atoms with Crippen LogP contribution in [0.25, 0.3) is 11.5 Å². The molecule has 0 amide bonds. The molecule has 17 heavy (non-hydrogen) atoms. The molecule has 90 valence electrons. The molecule has 2 heterocycles. The third-order valence-electron chi connectivity index (χ3n) is 1.92. The van der Waals surface area contributed by atoms with Gasteiger partial charge >= 0.3 is 0 Å². The maximum atomic E-state index is 10.3. The average molecular weight is 253 g/mol. The Bertz CT molecular complexity index is 548. The van der Waals surface area contributed by atoms with E-state index in [9.17, 15) is 9.90 Å². The molecule has 0 bridgehead atoms. The van der Waals surface area contributed by atoms with Crippen molar-refractivity contribution in [2.75, 3.05) is 11.6 Å². The van der Waals surface area contributed by atoms with E-state index in [2.05, 4.69) is 20.4 Å². The number of rotatable bonds is 4. The van der Waals surface area contributed by atoms with Crippen molar-refractivity contribution < 1.29 is 9.90 Å². The largest absolute Gasteiger partial charge is 0.549 e. The number of aromatic amines is 1. The number of carboxylic acid groups (broad SMARTS) is 1. The summed E-state index contributed by atoms with van der Waals surface area (Å²) in [5.74, 6) is 4.69. The van der Waals surface area contributed by atoms with Crippen LogP contribution in [0.5, 0.6) is 0 Å². The number of nitrogens with one attached hydrogen (secondary N) is 1. The van der Waals surface area contributed by atoms with Crippen molar-refractivity contribution in [1.82, 2.24) is 25.1 Å². The van der Waals surface area contributed by atoms with E-state index in [1.165, 1.54) is 4.68 Å². The summed E-state index contributed by atoms with van der Waals surface area (Å²) in [6.45, 7) is 1.85. The number of aromatic nitrogens is 5. The Kier molecular flexibility index (Phi) is 3.00. The molecule has 0 aliphatic carbocycles. The Balaban J connectivity index is 2.23. The number of carboxylic acids is 1. The fourth-order valence-corrected chi connectivity index (χ4v) is 1.78. The van der Waals surface area contributed by atoms with E-state index < -0.39 is 5.97 Å². The number of aryl methyl sites for hydroxylation is 1. The van der Waals surface area contributed by atoms with E-state index in [1.807, 2.05) is 6.92 Å². The van der Waals surface area contributed by atoms with Crippen LogP contribution in [0.4, 0.5) is 0 Å². The zero-order valence-electron chi connectivity index (χ0n) is 8.88. The van der Waals surface area contributed by atoms with E-state index in [1.54, 1.807) is 6.07 Å². The molecule has 0 aliphatic rings. The van der Waals surface area contributed by atoms with Gasteiger partial charge in [0.1, 0.15) is 5.69 Å². The minimum atomic E-state index is -1.19. The molecule has 2 aromatic heterocycles. The Morgan fingerprint density at radius 2 is 2.41 bits per heavy atom. The van der Waals surface area contributed by atoms with Crippen molar-refractivity contribution >= 4 is 17.7 Å². The van der Waals surface area contributed by atoms with Crippen LogP contribution in [0, 0.1) is 6.92 Å². The molecule has 0 saturated heterocycles. The number of nitrogens with zero attached hydrogens (tertiary/aromatic N) is 4. The van der Waals surface area contributed by atoms with Crippen molar-refractivity contribution in [2.24, 2.45) is 0 Å². The number of thioether (sulfide) groups is 1. The molecule has 8 nitrogen and oxygen atoms in total. The summed E-state index contributed by atoms with van der Waals surface area (Å²) in [7, 11) is 0. The Morgan fingerprint density at radius 1 is 1.65 bits per heavy atom. The van der Waals surface area contributed by atoms with Crippen molar-refractivity contribution in [1.29, 1.82) is 0 Å². The van der Waals surface area contributed by atoms with Gasteiger partial charge in [-0.1, -0.05) is 11.8 Å². The highest BCUT2D eigenvalue weighted by atomic mass is 32.2. The summed E-state index contributed by atoms with van der Waals surface area (Å²) < 4.78 is 1.20. The fourth-order valence-electron chi connectivity index (χ4n) is 1.21. The van der Waals surface area contributed by atoms with Crippen LogP contribution in [-0.4, -0.2) is 36.8 Å². The molecule has 3 N–H and O–H groups in total. The zero-order chi connectivity index (χ0) is 12.4.